The van der Waals surface area contributed by atoms with Gasteiger partial charge in [0.05, 0.1) is 16.7 Å². The second kappa shape index (κ2) is 8.18. The molecule has 2 spiro atoms. The van der Waals surface area contributed by atoms with Gasteiger partial charge in [-0.15, -0.1) is 0 Å². The van der Waals surface area contributed by atoms with E-state index in [2.05, 4.69) is 0 Å². The van der Waals surface area contributed by atoms with Crippen molar-refractivity contribution in [1.82, 2.24) is 9.91 Å². The normalized spacial score (nSPS) is 26.6. The molecule has 1 saturated heterocycles. The molecule has 3 aromatic carbocycles. The summed E-state index contributed by atoms with van der Waals surface area (Å²) in [5, 5.41) is 6.25. The first-order valence-electron chi connectivity index (χ1n) is 12.7. The molecule has 1 saturated carbocycles. The third kappa shape index (κ3) is 3.17. The Kier molecular flexibility index (Phi) is 5.22. The van der Waals surface area contributed by atoms with Crippen LogP contribution in [0.25, 0.3) is 0 Å². The fraction of sp³-hybridized carbons (Fsp3) is 0.290. The minimum absolute atomic E-state index is 0.100. The zero-order valence-corrected chi connectivity index (χ0v) is 21.5. The van der Waals surface area contributed by atoms with Crippen LogP contribution in [0, 0.1) is 16.6 Å². The van der Waals surface area contributed by atoms with E-state index in [0.717, 1.165) is 11.1 Å². The number of nitrogens with zero attached hydrogens (tertiary/aromatic N) is 3. The Morgan fingerprint density at radius 1 is 0.895 bits per heavy atom. The second-order valence-electron chi connectivity index (χ2n) is 11.3. The first kappa shape index (κ1) is 24.2. The molecule has 2 fully saturated rings. The highest BCUT2D eigenvalue weighted by atomic mass is 19.1. The number of amides is 2. The molecule has 1 aliphatic carbocycles. The molecule has 0 N–H and O–H groups in total. The highest BCUT2D eigenvalue weighted by Crippen LogP contribution is 2.79. The largest absolute Gasteiger partial charge is 0.331 e. The average molecular weight is 510 g/mol. The summed E-state index contributed by atoms with van der Waals surface area (Å²) < 4.78 is 13.9. The van der Waals surface area contributed by atoms with Gasteiger partial charge in [0.1, 0.15) is 11.2 Å². The van der Waals surface area contributed by atoms with E-state index in [4.69, 9.17) is 5.10 Å². The van der Waals surface area contributed by atoms with Crippen molar-refractivity contribution in [3.8, 4) is 0 Å². The number of rotatable bonds is 4. The lowest BCUT2D eigenvalue weighted by molar-refractivity contribution is -0.143. The summed E-state index contributed by atoms with van der Waals surface area (Å²) in [6, 6.07) is 24.7. The lowest BCUT2D eigenvalue weighted by atomic mass is 9.83. The summed E-state index contributed by atoms with van der Waals surface area (Å²) in [5.74, 6) is -2.46. The number of hydrogen-bond acceptors (Lipinski definition) is 4. The van der Waals surface area contributed by atoms with Crippen molar-refractivity contribution in [2.75, 3.05) is 6.54 Å². The molecular weight excluding hydrogens is 481 g/mol. The van der Waals surface area contributed by atoms with Crippen LogP contribution in [-0.2, 0) is 20.9 Å². The Bertz CT molecular complexity index is 1480. The van der Waals surface area contributed by atoms with Crippen molar-refractivity contribution in [3.05, 3.63) is 107 Å². The van der Waals surface area contributed by atoms with Gasteiger partial charge in [0.25, 0.3) is 11.8 Å². The van der Waals surface area contributed by atoms with Gasteiger partial charge in [-0.1, -0.05) is 72.8 Å². The zero-order valence-electron chi connectivity index (χ0n) is 21.5. The molecule has 0 radical (unpaired) electrons. The minimum atomic E-state index is -1.38. The smallest absolute Gasteiger partial charge is 0.291 e. The zero-order chi connectivity index (χ0) is 26.9. The molecule has 2 aliphatic heterocycles. The maximum Gasteiger partial charge on any atom is 0.291 e. The van der Waals surface area contributed by atoms with E-state index in [9.17, 15) is 18.8 Å². The van der Waals surface area contributed by atoms with Gasteiger partial charge in [-0.05, 0) is 49.6 Å². The summed E-state index contributed by atoms with van der Waals surface area (Å²) in [7, 11) is 0. The number of hydrazone groups is 1. The van der Waals surface area contributed by atoms with E-state index in [0.29, 0.717) is 11.3 Å². The Hall–Kier alpha value is -4.13. The van der Waals surface area contributed by atoms with Gasteiger partial charge in [0.2, 0.25) is 5.78 Å². The Labute approximate surface area is 220 Å². The molecule has 3 atom stereocenters. The van der Waals surface area contributed by atoms with Crippen molar-refractivity contribution in [1.29, 1.82) is 0 Å². The minimum Gasteiger partial charge on any atom is -0.331 e. The predicted molar refractivity (Wildman–Crippen MR) is 140 cm³/mol. The number of carbonyl (C=O) groups is 3. The van der Waals surface area contributed by atoms with Gasteiger partial charge in [0, 0.05) is 19.0 Å². The summed E-state index contributed by atoms with van der Waals surface area (Å²) in [5.41, 5.74) is -0.693. The van der Waals surface area contributed by atoms with Crippen molar-refractivity contribution in [2.24, 2.45) is 15.9 Å². The van der Waals surface area contributed by atoms with Gasteiger partial charge in [-0.3, -0.25) is 14.4 Å². The average Bonchev–Trinajstić information content (AvgIpc) is 3.27. The lowest BCUT2D eigenvalue weighted by Gasteiger charge is -2.29. The summed E-state index contributed by atoms with van der Waals surface area (Å²) in [6.07, 6.45) is 0. The topological polar surface area (TPSA) is 70.1 Å². The second-order valence-corrected chi connectivity index (χ2v) is 11.3. The number of benzene rings is 3. The Morgan fingerprint density at radius 3 is 2.11 bits per heavy atom. The van der Waals surface area contributed by atoms with Crippen LogP contribution in [0.5, 0.6) is 0 Å². The van der Waals surface area contributed by atoms with Crippen LogP contribution in [0.1, 0.15) is 43.4 Å². The number of carbonyl (C=O) groups excluding carboxylic acids is 3. The van der Waals surface area contributed by atoms with Crippen molar-refractivity contribution < 1.29 is 18.8 Å². The molecule has 2 amide bonds. The SMILES string of the molecule is CC(C)(C)N1N=C(c2ccc(F)cc2)C2(C1=O)[C@@H](c1ccccc1)C21CN(Cc2ccccc2)C(=O)C1=O. The molecule has 0 aromatic heterocycles. The van der Waals surface area contributed by atoms with E-state index in [-0.39, 0.29) is 19.0 Å². The number of fused-ring (bicyclic) bond motifs is 1. The highest BCUT2D eigenvalue weighted by Gasteiger charge is 2.91. The maximum absolute atomic E-state index is 14.5. The molecule has 0 bridgehead atoms. The number of Topliss-reactive ketones (excluding diaryl/α,β-unsaturated/α-hetero) is 1. The third-order valence-electron chi connectivity index (χ3n) is 8.08. The molecular formula is C31H28FN3O3. The van der Waals surface area contributed by atoms with Crippen LogP contribution in [0.3, 0.4) is 0 Å². The third-order valence-corrected chi connectivity index (χ3v) is 8.08. The molecule has 7 heteroatoms. The molecule has 38 heavy (non-hydrogen) atoms. The Balaban J connectivity index is 1.55. The molecule has 192 valence electrons. The molecule has 3 aromatic rings. The van der Waals surface area contributed by atoms with Crippen LogP contribution >= 0.6 is 0 Å². The van der Waals surface area contributed by atoms with Crippen LogP contribution in [0.4, 0.5) is 4.39 Å². The number of likely N-dealkylation sites (tertiary alicyclic amines) is 1. The van der Waals surface area contributed by atoms with E-state index in [1.165, 1.54) is 17.1 Å². The summed E-state index contributed by atoms with van der Waals surface area (Å²) in [6.45, 7) is 6.01. The van der Waals surface area contributed by atoms with Gasteiger partial charge in [0.15, 0.2) is 0 Å². The van der Waals surface area contributed by atoms with Crippen molar-refractivity contribution in [3.63, 3.8) is 0 Å². The van der Waals surface area contributed by atoms with Crippen molar-refractivity contribution >= 4 is 23.3 Å². The van der Waals surface area contributed by atoms with Gasteiger partial charge >= 0.3 is 0 Å². The van der Waals surface area contributed by atoms with Crippen LogP contribution in [-0.4, -0.2) is 45.3 Å². The fourth-order valence-corrected chi connectivity index (χ4v) is 6.45. The van der Waals surface area contributed by atoms with Crippen molar-refractivity contribution in [2.45, 2.75) is 38.8 Å². The Morgan fingerprint density at radius 2 is 1.50 bits per heavy atom. The van der Waals surface area contributed by atoms with E-state index in [1.54, 1.807) is 17.0 Å². The molecule has 2 unspecified atom stereocenters. The van der Waals surface area contributed by atoms with E-state index < -0.39 is 39.8 Å². The quantitative estimate of drug-likeness (QED) is 0.485. The lowest BCUT2D eigenvalue weighted by Crippen LogP contribution is -2.44. The van der Waals surface area contributed by atoms with Crippen LogP contribution < -0.4 is 0 Å². The van der Waals surface area contributed by atoms with Gasteiger partial charge in [-0.2, -0.15) is 5.10 Å². The molecule has 3 aliphatic rings. The van der Waals surface area contributed by atoms with E-state index in [1.807, 2.05) is 81.4 Å². The number of hydrogen-bond donors (Lipinski definition) is 0. The first-order valence-corrected chi connectivity index (χ1v) is 12.7. The molecule has 2 heterocycles. The molecule has 6 rings (SSSR count). The monoisotopic (exact) mass is 509 g/mol. The van der Waals surface area contributed by atoms with Crippen LogP contribution in [0.15, 0.2) is 90.0 Å². The predicted octanol–water partition coefficient (Wildman–Crippen LogP) is 4.55. The number of ketones is 1. The molecule has 6 nitrogen and oxygen atoms in total. The van der Waals surface area contributed by atoms with E-state index >= 15 is 0 Å². The highest BCUT2D eigenvalue weighted by molar-refractivity contribution is 6.45. The van der Waals surface area contributed by atoms with Crippen LogP contribution in [0.2, 0.25) is 0 Å². The standard InChI is InChI=1S/C31H28FN3O3/c1-29(2,3)35-28(38)31(25(33-35)22-14-16-23(32)17-15-22)24(21-12-8-5-9-13-21)30(31)19-34(27(37)26(30)36)18-20-10-6-4-7-11-20/h4-17,24H,18-19H2,1-3H3/t24-,30?,31?/m0/s1. The summed E-state index contributed by atoms with van der Waals surface area (Å²) >= 11 is 0. The van der Waals surface area contributed by atoms with Gasteiger partial charge < -0.3 is 4.90 Å². The summed E-state index contributed by atoms with van der Waals surface area (Å²) in [4.78, 5) is 43.7. The number of halogens is 1. The first-order chi connectivity index (χ1) is 18.1. The maximum atomic E-state index is 14.5. The fourth-order valence-electron chi connectivity index (χ4n) is 6.45. The van der Waals surface area contributed by atoms with Gasteiger partial charge in [-0.25, -0.2) is 9.40 Å².